The number of nitrogens with one attached hydrogen (secondary N) is 2. The summed E-state index contributed by atoms with van der Waals surface area (Å²) in [5.74, 6) is -0.170. The number of nitrogens with zero attached hydrogens (tertiary/aromatic N) is 1. The summed E-state index contributed by atoms with van der Waals surface area (Å²) in [6.45, 7) is 1.74. The van der Waals surface area contributed by atoms with Gasteiger partial charge in [-0.1, -0.05) is 30.1 Å². The number of imide groups is 1. The summed E-state index contributed by atoms with van der Waals surface area (Å²) in [5, 5.41) is 4.15. The van der Waals surface area contributed by atoms with Crippen LogP contribution in [0.25, 0.3) is 0 Å². The van der Waals surface area contributed by atoms with Crippen molar-refractivity contribution in [2.45, 2.75) is 38.1 Å². The van der Waals surface area contributed by atoms with Gasteiger partial charge in [-0.15, -0.1) is 0 Å². The molecule has 1 heterocycles. The molecule has 3 rings (SSSR count). The zero-order valence-electron chi connectivity index (χ0n) is 14.2. The van der Waals surface area contributed by atoms with Crippen molar-refractivity contribution in [3.8, 4) is 5.75 Å². The van der Waals surface area contributed by atoms with Crippen LogP contribution in [0.2, 0.25) is 10.0 Å². The Morgan fingerprint density at radius 2 is 2.00 bits per heavy atom. The number of carbonyl (C=O) groups is 3. The third-order valence-electron chi connectivity index (χ3n) is 4.79. The number of hydrazine groups is 1. The summed E-state index contributed by atoms with van der Waals surface area (Å²) in [4.78, 5) is 36.9. The standard InChI is InChI=1S/C17H19Cl2N3O4/c1-10-4-6-17(7-5-10)15(24)22(16(25)20-17)21-14(23)9-26-11-2-3-12(18)13(19)8-11/h2-3,8,10H,4-7,9H2,1H3,(H,20,25)(H,21,23). The number of hydrogen-bond acceptors (Lipinski definition) is 4. The van der Waals surface area contributed by atoms with Crippen molar-refractivity contribution >= 4 is 41.0 Å². The summed E-state index contributed by atoms with van der Waals surface area (Å²) < 4.78 is 5.31. The van der Waals surface area contributed by atoms with Crippen molar-refractivity contribution in [2.24, 2.45) is 5.92 Å². The summed E-state index contributed by atoms with van der Waals surface area (Å²) >= 11 is 11.7. The van der Waals surface area contributed by atoms with Crippen LogP contribution in [0.1, 0.15) is 32.6 Å². The number of carbonyl (C=O) groups excluding carboxylic acids is 3. The molecule has 2 fully saturated rings. The Hall–Kier alpha value is -1.99. The molecular formula is C17H19Cl2N3O4. The van der Waals surface area contributed by atoms with Gasteiger partial charge in [0.05, 0.1) is 10.0 Å². The van der Waals surface area contributed by atoms with E-state index in [1.165, 1.54) is 6.07 Å². The second-order valence-corrected chi connectivity index (χ2v) is 7.55. The molecule has 0 atom stereocenters. The van der Waals surface area contributed by atoms with Crippen molar-refractivity contribution in [3.63, 3.8) is 0 Å². The molecule has 0 bridgehead atoms. The first-order valence-electron chi connectivity index (χ1n) is 8.35. The van der Waals surface area contributed by atoms with E-state index in [1.54, 1.807) is 12.1 Å². The molecule has 1 aromatic carbocycles. The first kappa shape index (κ1) is 18.8. The lowest BCUT2D eigenvalue weighted by molar-refractivity contribution is -0.140. The zero-order valence-corrected chi connectivity index (χ0v) is 15.7. The van der Waals surface area contributed by atoms with Crippen molar-refractivity contribution in [3.05, 3.63) is 28.2 Å². The maximum absolute atomic E-state index is 12.6. The molecule has 1 aliphatic heterocycles. The maximum atomic E-state index is 12.6. The van der Waals surface area contributed by atoms with E-state index in [0.29, 0.717) is 34.6 Å². The van der Waals surface area contributed by atoms with E-state index in [2.05, 4.69) is 17.7 Å². The summed E-state index contributed by atoms with van der Waals surface area (Å²) in [5.41, 5.74) is 1.40. The number of urea groups is 1. The minimum absolute atomic E-state index is 0.298. The lowest BCUT2D eigenvalue weighted by Gasteiger charge is -2.33. The molecule has 9 heteroatoms. The normalized spacial score (nSPS) is 25.3. The highest BCUT2D eigenvalue weighted by atomic mass is 35.5. The largest absolute Gasteiger partial charge is 0.484 e. The van der Waals surface area contributed by atoms with Gasteiger partial charge in [0.25, 0.3) is 11.8 Å². The average molecular weight is 400 g/mol. The molecule has 1 saturated carbocycles. The number of rotatable bonds is 4. The van der Waals surface area contributed by atoms with Crippen LogP contribution in [0, 0.1) is 5.92 Å². The van der Waals surface area contributed by atoms with Gasteiger partial charge in [-0.05, 0) is 43.7 Å². The van der Waals surface area contributed by atoms with Gasteiger partial charge in [0.1, 0.15) is 11.3 Å². The fourth-order valence-corrected chi connectivity index (χ4v) is 3.48. The average Bonchev–Trinajstić information content (AvgIpc) is 2.83. The van der Waals surface area contributed by atoms with Gasteiger partial charge in [-0.25, -0.2) is 4.79 Å². The molecule has 0 unspecified atom stereocenters. The predicted octanol–water partition coefficient (Wildman–Crippen LogP) is 2.90. The van der Waals surface area contributed by atoms with E-state index in [1.807, 2.05) is 0 Å². The van der Waals surface area contributed by atoms with Crippen LogP contribution in [0.3, 0.4) is 0 Å². The molecule has 2 aliphatic rings. The number of amides is 4. The molecule has 1 aliphatic carbocycles. The highest BCUT2D eigenvalue weighted by Gasteiger charge is 2.52. The summed E-state index contributed by atoms with van der Waals surface area (Å²) in [6, 6.07) is 3.96. The molecule has 7 nitrogen and oxygen atoms in total. The number of hydrogen-bond donors (Lipinski definition) is 2. The lowest BCUT2D eigenvalue weighted by Crippen LogP contribution is -2.52. The summed E-state index contributed by atoms with van der Waals surface area (Å²) in [7, 11) is 0. The fourth-order valence-electron chi connectivity index (χ4n) is 3.19. The van der Waals surface area contributed by atoms with E-state index in [9.17, 15) is 14.4 Å². The third kappa shape index (κ3) is 3.73. The van der Waals surface area contributed by atoms with Gasteiger partial charge < -0.3 is 10.1 Å². The maximum Gasteiger partial charge on any atom is 0.344 e. The molecule has 4 amide bonds. The SMILES string of the molecule is CC1CCC2(CC1)NC(=O)N(NC(=O)COc1ccc(Cl)c(Cl)c1)C2=O. The Kier molecular flexibility index (Phi) is 5.29. The number of benzene rings is 1. The predicted molar refractivity (Wildman–Crippen MR) is 95.8 cm³/mol. The highest BCUT2D eigenvalue weighted by Crippen LogP contribution is 2.35. The molecule has 26 heavy (non-hydrogen) atoms. The van der Waals surface area contributed by atoms with Gasteiger partial charge in [-0.3, -0.25) is 15.0 Å². The molecular weight excluding hydrogens is 381 g/mol. The van der Waals surface area contributed by atoms with Crippen LogP contribution in [-0.4, -0.2) is 35.0 Å². The molecule has 140 valence electrons. The van der Waals surface area contributed by atoms with Crippen molar-refractivity contribution < 1.29 is 19.1 Å². The molecule has 1 saturated heterocycles. The summed E-state index contributed by atoms with van der Waals surface area (Å²) in [6.07, 6.45) is 2.86. The number of ether oxygens (including phenoxy) is 1. The Balaban J connectivity index is 1.58. The molecule has 2 N–H and O–H groups in total. The quantitative estimate of drug-likeness (QED) is 0.761. The lowest BCUT2D eigenvalue weighted by atomic mass is 9.77. The third-order valence-corrected chi connectivity index (χ3v) is 5.53. The minimum atomic E-state index is -0.901. The van der Waals surface area contributed by atoms with Gasteiger partial charge in [0.15, 0.2) is 6.61 Å². The molecule has 1 aromatic rings. The molecule has 0 radical (unpaired) electrons. The topological polar surface area (TPSA) is 87.7 Å². The van der Waals surface area contributed by atoms with Crippen molar-refractivity contribution in [1.29, 1.82) is 0 Å². The van der Waals surface area contributed by atoms with Crippen LogP contribution >= 0.6 is 23.2 Å². The van der Waals surface area contributed by atoms with Gasteiger partial charge in [0.2, 0.25) is 0 Å². The van der Waals surface area contributed by atoms with Crippen LogP contribution in [-0.2, 0) is 9.59 Å². The number of halogens is 2. The van der Waals surface area contributed by atoms with Crippen LogP contribution < -0.4 is 15.5 Å². The van der Waals surface area contributed by atoms with Crippen molar-refractivity contribution in [2.75, 3.05) is 6.61 Å². The Bertz CT molecular complexity index is 748. The van der Waals surface area contributed by atoms with Gasteiger partial charge >= 0.3 is 6.03 Å². The molecule has 1 spiro atoms. The van der Waals surface area contributed by atoms with Crippen LogP contribution in [0.5, 0.6) is 5.75 Å². The Labute approximate surface area is 160 Å². The van der Waals surface area contributed by atoms with E-state index in [0.717, 1.165) is 17.9 Å². The van der Waals surface area contributed by atoms with Crippen LogP contribution in [0.4, 0.5) is 4.79 Å². The van der Waals surface area contributed by atoms with E-state index >= 15 is 0 Å². The monoisotopic (exact) mass is 399 g/mol. The zero-order chi connectivity index (χ0) is 18.9. The second kappa shape index (κ2) is 7.32. The smallest absolute Gasteiger partial charge is 0.344 e. The van der Waals surface area contributed by atoms with Crippen molar-refractivity contribution in [1.82, 2.24) is 15.8 Å². The van der Waals surface area contributed by atoms with E-state index in [-0.39, 0.29) is 6.61 Å². The Morgan fingerprint density at radius 3 is 2.65 bits per heavy atom. The molecule has 0 aromatic heterocycles. The minimum Gasteiger partial charge on any atom is -0.484 e. The van der Waals surface area contributed by atoms with Gasteiger partial charge in [-0.2, -0.15) is 5.01 Å². The van der Waals surface area contributed by atoms with Gasteiger partial charge in [0, 0.05) is 6.07 Å². The Morgan fingerprint density at radius 1 is 1.31 bits per heavy atom. The fraction of sp³-hybridized carbons (Fsp3) is 0.471. The second-order valence-electron chi connectivity index (χ2n) is 6.73. The van der Waals surface area contributed by atoms with Crippen LogP contribution in [0.15, 0.2) is 18.2 Å². The first-order valence-corrected chi connectivity index (χ1v) is 9.10. The highest BCUT2D eigenvalue weighted by molar-refractivity contribution is 6.42. The van der Waals surface area contributed by atoms with E-state index in [4.69, 9.17) is 27.9 Å². The first-order chi connectivity index (χ1) is 12.3. The van der Waals surface area contributed by atoms with E-state index < -0.39 is 23.4 Å².